The third kappa shape index (κ3) is 2.01. The molecule has 0 bridgehead atoms. The number of thiazole rings is 1. The first kappa shape index (κ1) is 13.5. The van der Waals surface area contributed by atoms with Crippen molar-refractivity contribution in [2.75, 3.05) is 14.2 Å². The van der Waals surface area contributed by atoms with E-state index >= 15 is 0 Å². The number of aliphatic imine (C=N–C) groups is 1. The van der Waals surface area contributed by atoms with Gasteiger partial charge in [-0.1, -0.05) is 12.1 Å². The van der Waals surface area contributed by atoms with Gasteiger partial charge in [-0.15, -0.1) is 17.1 Å². The van der Waals surface area contributed by atoms with Crippen LogP contribution in [0.25, 0.3) is 10.2 Å². The molecule has 0 spiro atoms. The van der Waals surface area contributed by atoms with E-state index in [0.717, 1.165) is 16.5 Å². The second-order valence-corrected chi connectivity index (χ2v) is 6.10. The van der Waals surface area contributed by atoms with E-state index in [-0.39, 0.29) is 5.75 Å². The number of thioether (sulfide) groups is 1. The highest BCUT2D eigenvalue weighted by atomic mass is 32.2. The summed E-state index contributed by atoms with van der Waals surface area (Å²) < 4.78 is 11.0. The maximum Gasteiger partial charge on any atom is 0.319 e. The molecule has 20 heavy (non-hydrogen) atoms. The molecule has 0 radical (unpaired) electrons. The minimum absolute atomic E-state index is 0.0760. The fourth-order valence-electron chi connectivity index (χ4n) is 1.78. The Labute approximate surface area is 122 Å². The number of aromatic nitrogens is 1. The Morgan fingerprint density at radius 3 is 2.70 bits per heavy atom. The maximum atomic E-state index is 11.9. The zero-order valence-corrected chi connectivity index (χ0v) is 12.2. The van der Waals surface area contributed by atoms with Crippen molar-refractivity contribution in [3.05, 3.63) is 23.2 Å². The Hall–Kier alpha value is -1.48. The van der Waals surface area contributed by atoms with Crippen molar-refractivity contribution in [3.63, 3.8) is 0 Å². The first-order valence-electron chi connectivity index (χ1n) is 5.58. The number of amides is 1. The molecule has 1 aromatic carbocycles. The van der Waals surface area contributed by atoms with Crippen LogP contribution in [0.4, 0.5) is 0 Å². The smallest absolute Gasteiger partial charge is 0.319 e. The molecular weight excluding hydrogens is 300 g/mol. The average Bonchev–Trinajstić information content (AvgIpc) is 2.99. The van der Waals surface area contributed by atoms with Crippen molar-refractivity contribution >= 4 is 44.3 Å². The molecule has 0 N–H and O–H groups in total. The van der Waals surface area contributed by atoms with Gasteiger partial charge < -0.3 is 14.6 Å². The van der Waals surface area contributed by atoms with E-state index in [1.165, 1.54) is 37.7 Å². The van der Waals surface area contributed by atoms with E-state index in [0.29, 0.717) is 15.6 Å². The standard InChI is InChI=1S/C12H10N2O4S2/c1-17-12(18-2)11(16)14-10(20-12)9-13-7-4-3-6(15)5-8(7)19-9/h3-5,15H,1-2H3/p-1. The number of fused-ring (bicyclic) bond motifs is 1. The summed E-state index contributed by atoms with van der Waals surface area (Å²) in [5.41, 5.74) is 0.702. The van der Waals surface area contributed by atoms with Crippen LogP contribution in [-0.4, -0.2) is 35.3 Å². The summed E-state index contributed by atoms with van der Waals surface area (Å²) in [6.07, 6.45) is 0. The highest BCUT2D eigenvalue weighted by Gasteiger charge is 2.47. The fourth-order valence-corrected chi connectivity index (χ4v) is 3.73. The largest absolute Gasteiger partial charge is 0.872 e. The van der Waals surface area contributed by atoms with Gasteiger partial charge in [0.1, 0.15) is 10.1 Å². The molecule has 0 saturated heterocycles. The highest BCUT2D eigenvalue weighted by Crippen LogP contribution is 2.39. The molecule has 1 amide bonds. The summed E-state index contributed by atoms with van der Waals surface area (Å²) in [5.74, 6) is -0.584. The summed E-state index contributed by atoms with van der Waals surface area (Å²) in [7, 11) is 2.77. The van der Waals surface area contributed by atoms with Crippen LogP contribution in [-0.2, 0) is 14.3 Å². The quantitative estimate of drug-likeness (QED) is 0.796. The molecule has 8 heteroatoms. The predicted octanol–water partition coefficient (Wildman–Crippen LogP) is 1.34. The predicted molar refractivity (Wildman–Crippen MR) is 75.0 cm³/mol. The Bertz CT molecular complexity index is 721. The number of benzene rings is 1. The van der Waals surface area contributed by atoms with Gasteiger partial charge in [0.15, 0.2) is 0 Å². The summed E-state index contributed by atoms with van der Waals surface area (Å²) >= 11 is 2.37. The van der Waals surface area contributed by atoms with Crippen LogP contribution < -0.4 is 5.11 Å². The van der Waals surface area contributed by atoms with Crippen LogP contribution in [0.1, 0.15) is 5.01 Å². The molecule has 0 atom stereocenters. The molecule has 1 aliphatic rings. The van der Waals surface area contributed by atoms with Gasteiger partial charge in [-0.3, -0.25) is 4.79 Å². The van der Waals surface area contributed by atoms with Crippen molar-refractivity contribution in [1.82, 2.24) is 4.98 Å². The third-order valence-electron chi connectivity index (χ3n) is 2.78. The van der Waals surface area contributed by atoms with Gasteiger partial charge in [-0.25, -0.2) is 4.98 Å². The first-order valence-corrected chi connectivity index (χ1v) is 7.21. The molecule has 0 saturated carbocycles. The Morgan fingerprint density at radius 2 is 2.05 bits per heavy atom. The van der Waals surface area contributed by atoms with E-state index in [2.05, 4.69) is 9.98 Å². The molecule has 0 fully saturated rings. The van der Waals surface area contributed by atoms with Gasteiger partial charge in [-0.05, 0) is 17.8 Å². The molecule has 2 aromatic rings. The van der Waals surface area contributed by atoms with Crippen molar-refractivity contribution in [1.29, 1.82) is 0 Å². The first-order chi connectivity index (χ1) is 9.58. The lowest BCUT2D eigenvalue weighted by molar-refractivity contribution is -0.268. The van der Waals surface area contributed by atoms with Crippen LogP contribution in [0.3, 0.4) is 0 Å². The van der Waals surface area contributed by atoms with E-state index < -0.39 is 11.0 Å². The number of rotatable bonds is 3. The number of hydrogen-bond acceptors (Lipinski definition) is 7. The van der Waals surface area contributed by atoms with Gasteiger partial charge in [0, 0.05) is 14.2 Å². The molecular formula is C12H9N2O4S2-. The molecule has 3 rings (SSSR count). The van der Waals surface area contributed by atoms with Crippen LogP contribution in [0.2, 0.25) is 0 Å². The second kappa shape index (κ2) is 4.81. The lowest BCUT2D eigenvalue weighted by Crippen LogP contribution is -2.35. The molecule has 1 aliphatic heterocycles. The van der Waals surface area contributed by atoms with Crippen LogP contribution >= 0.6 is 23.1 Å². The van der Waals surface area contributed by atoms with E-state index in [9.17, 15) is 9.90 Å². The van der Waals surface area contributed by atoms with Crippen LogP contribution in [0.15, 0.2) is 23.2 Å². The van der Waals surface area contributed by atoms with E-state index in [1.807, 2.05) is 0 Å². The monoisotopic (exact) mass is 309 g/mol. The van der Waals surface area contributed by atoms with Crippen LogP contribution in [0.5, 0.6) is 5.75 Å². The van der Waals surface area contributed by atoms with Gasteiger partial charge >= 0.3 is 11.0 Å². The SMILES string of the molecule is COC1(OC)SC(c2nc3ccc([O-])cc3s2)=NC1=O. The third-order valence-corrected chi connectivity index (χ3v) is 5.19. The number of carbonyl (C=O) groups excluding carboxylic acids is 1. The number of ether oxygens (including phenoxy) is 2. The number of hydrogen-bond donors (Lipinski definition) is 0. The second-order valence-electron chi connectivity index (χ2n) is 3.94. The zero-order valence-electron chi connectivity index (χ0n) is 10.6. The van der Waals surface area contributed by atoms with Gasteiger partial charge in [0.2, 0.25) is 0 Å². The number of methoxy groups -OCH3 is 2. The molecule has 2 heterocycles. The molecule has 0 aliphatic carbocycles. The van der Waals surface area contributed by atoms with Gasteiger partial charge in [0.25, 0.3) is 0 Å². The van der Waals surface area contributed by atoms with Crippen molar-refractivity contribution < 1.29 is 19.4 Å². The lowest BCUT2D eigenvalue weighted by atomic mass is 10.3. The minimum Gasteiger partial charge on any atom is -0.872 e. The highest BCUT2D eigenvalue weighted by molar-refractivity contribution is 8.16. The average molecular weight is 309 g/mol. The Kier molecular flexibility index (Phi) is 3.25. The Balaban J connectivity index is 2.00. The summed E-state index contributed by atoms with van der Waals surface area (Å²) in [6, 6.07) is 4.62. The summed E-state index contributed by atoms with van der Waals surface area (Å²) in [6.45, 7) is 0. The van der Waals surface area contributed by atoms with Crippen molar-refractivity contribution in [3.8, 4) is 5.75 Å². The molecule has 104 valence electrons. The van der Waals surface area contributed by atoms with Crippen molar-refractivity contribution in [2.24, 2.45) is 4.99 Å². The fraction of sp³-hybridized carbons (Fsp3) is 0.250. The Morgan fingerprint density at radius 1 is 1.30 bits per heavy atom. The van der Waals surface area contributed by atoms with Crippen LogP contribution in [0, 0.1) is 0 Å². The normalized spacial score (nSPS) is 17.7. The lowest BCUT2D eigenvalue weighted by Gasteiger charge is -2.20. The molecule has 1 aromatic heterocycles. The van der Waals surface area contributed by atoms with Gasteiger partial charge in [0.05, 0.1) is 10.2 Å². The summed E-state index contributed by atoms with van der Waals surface area (Å²) in [5, 5.41) is 10.9. The molecule has 6 nitrogen and oxygen atoms in total. The van der Waals surface area contributed by atoms with E-state index in [1.54, 1.807) is 6.07 Å². The number of carbonyl (C=O) groups is 1. The maximum absolute atomic E-state index is 11.9. The molecule has 0 unspecified atom stereocenters. The van der Waals surface area contributed by atoms with Crippen molar-refractivity contribution in [2.45, 2.75) is 5.12 Å². The van der Waals surface area contributed by atoms with E-state index in [4.69, 9.17) is 9.47 Å². The zero-order chi connectivity index (χ0) is 14.3. The number of nitrogens with zero attached hydrogens (tertiary/aromatic N) is 2. The van der Waals surface area contributed by atoms with Gasteiger partial charge in [-0.2, -0.15) is 4.99 Å². The topological polar surface area (TPSA) is 83.8 Å². The summed E-state index contributed by atoms with van der Waals surface area (Å²) in [4.78, 5) is 20.2. The minimum atomic E-state index is -1.43.